The van der Waals surface area contributed by atoms with E-state index >= 15 is 0 Å². The number of hydrogen-bond acceptors (Lipinski definition) is 3. The Morgan fingerprint density at radius 1 is 1.09 bits per heavy atom. The van der Waals surface area contributed by atoms with Crippen molar-refractivity contribution >= 4 is 23.5 Å². The molecule has 0 radical (unpaired) electrons. The maximum atomic E-state index is 12.8. The molecule has 2 bridgehead atoms. The molecule has 1 amide bonds. The zero-order chi connectivity index (χ0) is 15.8. The third-order valence-electron chi connectivity index (χ3n) is 5.69. The van der Waals surface area contributed by atoms with E-state index in [0.717, 1.165) is 44.3 Å². The van der Waals surface area contributed by atoms with E-state index in [1.165, 1.54) is 10.5 Å². The molecule has 1 aromatic rings. The third-order valence-corrected chi connectivity index (χ3v) is 6.82. The summed E-state index contributed by atoms with van der Waals surface area (Å²) in [6.07, 6.45) is 5.66. The number of hydrogen-bond donors (Lipinski definition) is 1. The second kappa shape index (κ2) is 6.31. The van der Waals surface area contributed by atoms with Crippen LogP contribution >= 0.6 is 11.8 Å². The number of Topliss-reactive ketones (excluding diaryl/α,β-unsaturated/α-hetero) is 1. The summed E-state index contributed by atoms with van der Waals surface area (Å²) in [6, 6.07) is 8.52. The van der Waals surface area contributed by atoms with Crippen molar-refractivity contribution in [3.05, 3.63) is 29.8 Å². The third kappa shape index (κ3) is 2.93. The fourth-order valence-electron chi connectivity index (χ4n) is 4.48. The van der Waals surface area contributed by atoms with Crippen molar-refractivity contribution in [3.8, 4) is 0 Å². The van der Waals surface area contributed by atoms with Gasteiger partial charge in [-0.15, -0.1) is 11.8 Å². The first-order valence-electron chi connectivity index (χ1n) is 8.78. The van der Waals surface area contributed by atoms with Gasteiger partial charge in [0.05, 0.1) is 6.04 Å². The summed E-state index contributed by atoms with van der Waals surface area (Å²) in [6.45, 7) is 0. The number of carbonyl (C=O) groups excluding carboxylic acids is 2. The van der Waals surface area contributed by atoms with Crippen LogP contribution in [-0.2, 0) is 9.59 Å². The smallest absolute Gasteiger partial charge is 0.223 e. The molecule has 0 aromatic heterocycles. The topological polar surface area (TPSA) is 46.2 Å². The largest absolute Gasteiger partial charge is 0.349 e. The second-order valence-electron chi connectivity index (χ2n) is 7.13. The molecular formula is C19H23NO2S. The molecule has 1 unspecified atom stereocenters. The van der Waals surface area contributed by atoms with Gasteiger partial charge in [0, 0.05) is 28.4 Å². The number of nitrogens with one attached hydrogen (secondary N) is 1. The Morgan fingerprint density at radius 3 is 2.61 bits per heavy atom. The normalized spacial score (nSPS) is 33.0. The molecule has 2 saturated carbocycles. The van der Waals surface area contributed by atoms with Crippen molar-refractivity contribution in [1.82, 2.24) is 5.32 Å². The molecule has 2 fully saturated rings. The van der Waals surface area contributed by atoms with E-state index < -0.39 is 0 Å². The summed E-state index contributed by atoms with van der Waals surface area (Å²) in [5.41, 5.74) is 1.25. The van der Waals surface area contributed by atoms with Gasteiger partial charge in [-0.25, -0.2) is 0 Å². The van der Waals surface area contributed by atoms with Crippen LogP contribution in [-0.4, -0.2) is 17.4 Å². The molecule has 1 aliphatic heterocycles. The zero-order valence-corrected chi connectivity index (χ0v) is 14.1. The highest BCUT2D eigenvalue weighted by Crippen LogP contribution is 2.41. The maximum absolute atomic E-state index is 12.8. The van der Waals surface area contributed by atoms with Crippen LogP contribution in [0.2, 0.25) is 0 Å². The average molecular weight is 329 g/mol. The van der Waals surface area contributed by atoms with E-state index in [-0.39, 0.29) is 29.7 Å². The van der Waals surface area contributed by atoms with Crippen molar-refractivity contribution in [2.45, 2.75) is 49.5 Å². The first-order chi connectivity index (χ1) is 11.2. The van der Waals surface area contributed by atoms with Crippen molar-refractivity contribution in [1.29, 1.82) is 0 Å². The van der Waals surface area contributed by atoms with Crippen LogP contribution in [0.4, 0.5) is 0 Å². The fourth-order valence-corrected chi connectivity index (χ4v) is 5.60. The number of benzene rings is 1. The summed E-state index contributed by atoms with van der Waals surface area (Å²) in [5, 5.41) is 3.29. The van der Waals surface area contributed by atoms with Gasteiger partial charge in [-0.1, -0.05) is 24.6 Å². The van der Waals surface area contributed by atoms with E-state index in [1.807, 2.05) is 17.8 Å². The minimum absolute atomic E-state index is 0.0322. The molecule has 2 aliphatic carbocycles. The van der Waals surface area contributed by atoms with E-state index in [9.17, 15) is 9.59 Å². The summed E-state index contributed by atoms with van der Waals surface area (Å²) in [5.74, 6) is 1.97. The molecule has 1 N–H and O–H groups in total. The fraction of sp³-hybridized carbons (Fsp3) is 0.579. The van der Waals surface area contributed by atoms with Crippen LogP contribution in [0, 0.1) is 17.8 Å². The van der Waals surface area contributed by atoms with Gasteiger partial charge in [-0.2, -0.15) is 0 Å². The lowest BCUT2D eigenvalue weighted by atomic mass is 9.67. The number of amides is 1. The Labute approximate surface area is 141 Å². The van der Waals surface area contributed by atoms with Crippen LogP contribution in [0.15, 0.2) is 29.2 Å². The highest BCUT2D eigenvalue weighted by Gasteiger charge is 2.41. The Balaban J connectivity index is 1.46. The van der Waals surface area contributed by atoms with Gasteiger partial charge in [0.1, 0.15) is 5.78 Å². The highest BCUT2D eigenvalue weighted by molar-refractivity contribution is 7.99. The van der Waals surface area contributed by atoms with E-state index in [2.05, 4.69) is 23.5 Å². The Kier molecular flexibility index (Phi) is 4.18. The Hall–Kier alpha value is -1.29. The van der Waals surface area contributed by atoms with Crippen LogP contribution in [0.25, 0.3) is 0 Å². The quantitative estimate of drug-likeness (QED) is 0.899. The minimum Gasteiger partial charge on any atom is -0.349 e. The number of ketones is 1. The molecule has 1 aromatic carbocycles. The molecular weight excluding hydrogens is 306 g/mol. The first kappa shape index (κ1) is 15.3. The van der Waals surface area contributed by atoms with E-state index in [1.54, 1.807) is 0 Å². The lowest BCUT2D eigenvalue weighted by molar-refractivity contribution is -0.138. The predicted molar refractivity (Wildman–Crippen MR) is 91.2 cm³/mol. The van der Waals surface area contributed by atoms with Gasteiger partial charge in [0.15, 0.2) is 0 Å². The minimum atomic E-state index is 0.0322. The van der Waals surface area contributed by atoms with Crippen LogP contribution in [0.1, 0.15) is 50.1 Å². The Morgan fingerprint density at radius 2 is 1.83 bits per heavy atom. The molecule has 1 heterocycles. The SMILES string of the molecule is O=C(N[C@H]1CCSc2ccccc21)C1C[C@H]2CCC[C@@H](C1)C2=O. The maximum Gasteiger partial charge on any atom is 0.223 e. The van der Waals surface area contributed by atoms with Gasteiger partial charge in [-0.3, -0.25) is 9.59 Å². The van der Waals surface area contributed by atoms with Crippen molar-refractivity contribution in [2.75, 3.05) is 5.75 Å². The van der Waals surface area contributed by atoms with Crippen LogP contribution in [0.5, 0.6) is 0 Å². The van der Waals surface area contributed by atoms with Gasteiger partial charge in [-0.05, 0) is 43.7 Å². The van der Waals surface area contributed by atoms with Gasteiger partial charge < -0.3 is 5.32 Å². The molecule has 0 spiro atoms. The average Bonchev–Trinajstić information content (AvgIpc) is 2.55. The molecule has 23 heavy (non-hydrogen) atoms. The van der Waals surface area contributed by atoms with E-state index in [4.69, 9.17) is 0 Å². The number of rotatable bonds is 2. The summed E-state index contributed by atoms with van der Waals surface area (Å²) in [7, 11) is 0. The van der Waals surface area contributed by atoms with Gasteiger partial charge in [0.2, 0.25) is 5.91 Å². The van der Waals surface area contributed by atoms with Gasteiger partial charge in [0.25, 0.3) is 0 Å². The lowest BCUT2D eigenvalue weighted by Crippen LogP contribution is -2.43. The zero-order valence-electron chi connectivity index (χ0n) is 13.3. The second-order valence-corrected chi connectivity index (χ2v) is 8.27. The molecule has 4 atom stereocenters. The van der Waals surface area contributed by atoms with Crippen molar-refractivity contribution in [3.63, 3.8) is 0 Å². The van der Waals surface area contributed by atoms with E-state index in [0.29, 0.717) is 5.78 Å². The molecule has 3 aliphatic rings. The molecule has 0 saturated heterocycles. The number of fused-ring (bicyclic) bond motifs is 3. The number of thioether (sulfide) groups is 1. The Bertz CT molecular complexity index is 614. The summed E-state index contributed by atoms with van der Waals surface area (Å²) < 4.78 is 0. The van der Waals surface area contributed by atoms with Crippen LogP contribution < -0.4 is 5.32 Å². The summed E-state index contributed by atoms with van der Waals surface area (Å²) >= 11 is 1.87. The van der Waals surface area contributed by atoms with Crippen molar-refractivity contribution < 1.29 is 9.59 Å². The standard InChI is InChI=1S/C19H23NO2S/c21-18-12-4-3-5-13(18)11-14(10-12)19(22)20-16-8-9-23-17-7-2-1-6-15(16)17/h1-2,6-7,12-14,16H,3-5,8-11H2,(H,20,22)/t12-,13+,14?,16-/m0/s1. The van der Waals surface area contributed by atoms with Gasteiger partial charge >= 0.3 is 0 Å². The number of carbonyl (C=O) groups is 2. The molecule has 122 valence electrons. The summed E-state index contributed by atoms with van der Waals surface area (Å²) in [4.78, 5) is 26.3. The van der Waals surface area contributed by atoms with Crippen LogP contribution in [0.3, 0.4) is 0 Å². The van der Waals surface area contributed by atoms with Crippen molar-refractivity contribution in [2.24, 2.45) is 17.8 Å². The monoisotopic (exact) mass is 329 g/mol. The predicted octanol–water partition coefficient (Wildman–Crippen LogP) is 3.74. The lowest BCUT2D eigenvalue weighted by Gasteiger charge is -2.37. The molecule has 4 heteroatoms. The molecule has 3 nitrogen and oxygen atoms in total. The highest BCUT2D eigenvalue weighted by atomic mass is 32.2. The first-order valence-corrected chi connectivity index (χ1v) is 9.77. The molecule has 4 rings (SSSR count).